The second kappa shape index (κ2) is 14.3. The maximum atomic E-state index is 13.7. The van der Waals surface area contributed by atoms with Crippen molar-refractivity contribution >= 4 is 11.8 Å². The van der Waals surface area contributed by atoms with Crippen LogP contribution >= 0.6 is 0 Å². The van der Waals surface area contributed by atoms with E-state index in [1.807, 2.05) is 48.5 Å². The Morgan fingerprint density at radius 1 is 0.740 bits per heavy atom. The number of halogens is 6. The highest BCUT2D eigenvalue weighted by Gasteiger charge is 2.49. The molecule has 1 aliphatic carbocycles. The summed E-state index contributed by atoms with van der Waals surface area (Å²) >= 11 is 0. The minimum atomic E-state index is -4.53. The second-order valence-electron chi connectivity index (χ2n) is 13.0. The van der Waals surface area contributed by atoms with E-state index >= 15 is 0 Å². The van der Waals surface area contributed by atoms with Crippen LogP contribution in [-0.4, -0.2) is 55.6 Å². The average molecular weight is 694 g/mol. The largest absolute Gasteiger partial charge is 0.416 e. The molecule has 1 unspecified atom stereocenters. The van der Waals surface area contributed by atoms with Gasteiger partial charge in [0.1, 0.15) is 12.0 Å². The number of nitrogens with zero attached hydrogens (tertiary/aromatic N) is 1. The minimum Gasteiger partial charge on any atom is -0.352 e. The van der Waals surface area contributed by atoms with Crippen LogP contribution in [0.25, 0.3) is 22.3 Å². The quantitative estimate of drug-likeness (QED) is 0.123. The molecule has 1 aliphatic heterocycles. The first-order valence-electron chi connectivity index (χ1n) is 16.7. The fourth-order valence-corrected chi connectivity index (χ4v) is 7.40. The van der Waals surface area contributed by atoms with Crippen LogP contribution in [0.4, 0.5) is 26.3 Å². The zero-order valence-electron chi connectivity index (χ0n) is 27.2. The van der Waals surface area contributed by atoms with Crippen LogP contribution in [0.3, 0.4) is 0 Å². The van der Waals surface area contributed by atoms with E-state index in [-0.39, 0.29) is 11.8 Å². The molecule has 1 heterocycles. The van der Waals surface area contributed by atoms with Crippen molar-refractivity contribution in [2.45, 2.75) is 43.5 Å². The normalized spacial score (nSPS) is 16.9. The van der Waals surface area contributed by atoms with Gasteiger partial charge in [-0.15, -0.1) is 0 Å². The number of amides is 2. The van der Waals surface area contributed by atoms with Gasteiger partial charge in [0.05, 0.1) is 5.56 Å². The van der Waals surface area contributed by atoms with Crippen LogP contribution in [0.1, 0.15) is 52.7 Å². The standard InChI is InChI=1S/C39H37F6N3O2/c40-38(41,42)25-47-36(50)37(33-13-5-3-10-30(33)31-11-4-6-14-34(31)37)20-7-8-21-48-22-19-26(24-48)23-46-35(49)32-12-2-1-9-29(32)27-15-17-28(18-16-27)39(43,44)45/h1-6,9-18,26H,7-8,19-25H2,(H,46,49)(H,47,50). The number of likely N-dealkylation sites (tertiary alicyclic amines) is 1. The Morgan fingerprint density at radius 3 is 1.96 bits per heavy atom. The molecule has 1 atom stereocenters. The van der Waals surface area contributed by atoms with Gasteiger partial charge in [-0.1, -0.05) is 85.3 Å². The number of hydrogen-bond donors (Lipinski definition) is 2. The van der Waals surface area contributed by atoms with Gasteiger partial charge < -0.3 is 15.5 Å². The molecule has 2 aliphatic rings. The molecule has 1 saturated heterocycles. The van der Waals surface area contributed by atoms with Crippen molar-refractivity contribution in [1.82, 2.24) is 15.5 Å². The number of unbranched alkanes of at least 4 members (excludes halogenated alkanes) is 1. The van der Waals surface area contributed by atoms with Crippen molar-refractivity contribution in [2.24, 2.45) is 5.92 Å². The van der Waals surface area contributed by atoms with Crippen molar-refractivity contribution in [1.29, 1.82) is 0 Å². The van der Waals surface area contributed by atoms with E-state index in [2.05, 4.69) is 15.5 Å². The molecule has 50 heavy (non-hydrogen) atoms. The van der Waals surface area contributed by atoms with Crippen LogP contribution in [0.2, 0.25) is 0 Å². The van der Waals surface area contributed by atoms with Crippen molar-refractivity contribution in [2.75, 3.05) is 32.7 Å². The van der Waals surface area contributed by atoms with Gasteiger partial charge in [0.2, 0.25) is 5.91 Å². The molecule has 262 valence electrons. The van der Waals surface area contributed by atoms with Gasteiger partial charge in [0, 0.05) is 18.7 Å². The summed E-state index contributed by atoms with van der Waals surface area (Å²) < 4.78 is 78.7. The summed E-state index contributed by atoms with van der Waals surface area (Å²) in [6.45, 7) is 1.36. The number of carbonyl (C=O) groups excluding carboxylic acids is 2. The van der Waals surface area contributed by atoms with Crippen LogP contribution in [0.5, 0.6) is 0 Å². The summed E-state index contributed by atoms with van der Waals surface area (Å²) in [4.78, 5) is 29.2. The Bertz CT molecular complexity index is 1790. The summed E-state index contributed by atoms with van der Waals surface area (Å²) in [7, 11) is 0. The Labute approximate surface area is 286 Å². The Hall–Kier alpha value is -4.64. The molecular formula is C39H37F6N3O2. The van der Waals surface area contributed by atoms with Crippen molar-refractivity contribution in [3.05, 3.63) is 119 Å². The maximum Gasteiger partial charge on any atom is 0.416 e. The molecule has 0 aromatic heterocycles. The lowest BCUT2D eigenvalue weighted by atomic mass is 9.73. The minimum absolute atomic E-state index is 0.199. The fraction of sp³-hybridized carbons (Fsp3) is 0.333. The summed E-state index contributed by atoms with van der Waals surface area (Å²) in [5.41, 5.74) is 2.61. The van der Waals surface area contributed by atoms with Crippen LogP contribution in [0.15, 0.2) is 97.1 Å². The predicted octanol–water partition coefficient (Wildman–Crippen LogP) is 8.24. The molecule has 11 heteroatoms. The van der Waals surface area contributed by atoms with Crippen molar-refractivity contribution in [3.8, 4) is 22.3 Å². The van der Waals surface area contributed by atoms with E-state index in [0.717, 1.165) is 66.9 Å². The number of benzene rings is 4. The molecule has 4 aromatic carbocycles. The van der Waals surface area contributed by atoms with Gasteiger partial charge in [-0.2, -0.15) is 26.3 Å². The number of fused-ring (bicyclic) bond motifs is 3. The van der Waals surface area contributed by atoms with Crippen molar-refractivity contribution in [3.63, 3.8) is 0 Å². The molecule has 1 fully saturated rings. The summed E-state index contributed by atoms with van der Waals surface area (Å²) in [6.07, 6.45) is -6.41. The summed E-state index contributed by atoms with van der Waals surface area (Å²) in [5, 5.41) is 5.18. The van der Waals surface area contributed by atoms with Gasteiger partial charge in [-0.25, -0.2) is 0 Å². The van der Waals surface area contributed by atoms with E-state index in [1.54, 1.807) is 24.3 Å². The van der Waals surface area contributed by atoms with Crippen LogP contribution in [-0.2, 0) is 16.4 Å². The molecule has 4 aromatic rings. The van der Waals surface area contributed by atoms with Crippen LogP contribution < -0.4 is 10.6 Å². The summed E-state index contributed by atoms with van der Waals surface area (Å²) in [5.74, 6) is -0.750. The third-order valence-corrected chi connectivity index (χ3v) is 9.79. The smallest absolute Gasteiger partial charge is 0.352 e. The number of rotatable bonds is 11. The molecule has 6 rings (SSSR count). The van der Waals surface area contributed by atoms with Crippen molar-refractivity contribution < 1.29 is 35.9 Å². The third-order valence-electron chi connectivity index (χ3n) is 9.79. The van der Waals surface area contributed by atoms with E-state index in [1.165, 1.54) is 12.1 Å². The van der Waals surface area contributed by atoms with Gasteiger partial charge >= 0.3 is 12.4 Å². The van der Waals surface area contributed by atoms with Gasteiger partial charge in [0.15, 0.2) is 0 Å². The molecule has 0 saturated carbocycles. The molecule has 0 spiro atoms. The lowest BCUT2D eigenvalue weighted by Gasteiger charge is -2.31. The number of nitrogens with one attached hydrogen (secondary N) is 2. The molecule has 0 bridgehead atoms. The van der Waals surface area contributed by atoms with Gasteiger partial charge in [-0.05, 0) is 89.8 Å². The topological polar surface area (TPSA) is 61.4 Å². The van der Waals surface area contributed by atoms with Gasteiger partial charge in [0.25, 0.3) is 5.91 Å². The highest BCUT2D eigenvalue weighted by atomic mass is 19.4. The molecular weight excluding hydrogens is 656 g/mol. The molecule has 2 N–H and O–H groups in total. The lowest BCUT2D eigenvalue weighted by Crippen LogP contribution is -2.47. The highest BCUT2D eigenvalue weighted by Crippen LogP contribution is 2.51. The third kappa shape index (κ3) is 7.43. The van der Waals surface area contributed by atoms with E-state index in [0.29, 0.717) is 36.1 Å². The number of carbonyl (C=O) groups is 2. The maximum absolute atomic E-state index is 13.7. The monoisotopic (exact) mass is 693 g/mol. The SMILES string of the molecule is O=C(NCC1CCN(CCCCC2(C(=O)NCC(F)(F)F)c3ccccc3-c3ccccc32)C1)c1ccccc1-c1ccc(C(F)(F)F)cc1. The fourth-order valence-electron chi connectivity index (χ4n) is 7.40. The first-order valence-corrected chi connectivity index (χ1v) is 16.7. The summed E-state index contributed by atoms with van der Waals surface area (Å²) in [6, 6.07) is 26.4. The first kappa shape index (κ1) is 35.2. The average Bonchev–Trinajstić information content (AvgIpc) is 3.68. The van der Waals surface area contributed by atoms with E-state index in [4.69, 9.17) is 0 Å². The predicted molar refractivity (Wildman–Crippen MR) is 179 cm³/mol. The Kier molecular flexibility index (Phi) is 10.1. The first-order chi connectivity index (χ1) is 23.9. The molecule has 2 amide bonds. The van der Waals surface area contributed by atoms with E-state index < -0.39 is 35.8 Å². The van der Waals surface area contributed by atoms with E-state index in [9.17, 15) is 35.9 Å². The molecule has 0 radical (unpaired) electrons. The Balaban J connectivity index is 1.05. The lowest BCUT2D eigenvalue weighted by molar-refractivity contribution is -0.141. The van der Waals surface area contributed by atoms with Crippen LogP contribution in [0, 0.1) is 5.92 Å². The second-order valence-corrected chi connectivity index (χ2v) is 13.0. The zero-order valence-corrected chi connectivity index (χ0v) is 27.2. The number of hydrogen-bond acceptors (Lipinski definition) is 3. The van der Waals surface area contributed by atoms with Gasteiger partial charge in [-0.3, -0.25) is 9.59 Å². The highest BCUT2D eigenvalue weighted by molar-refractivity contribution is 6.01. The zero-order chi connectivity index (χ0) is 35.5. The Morgan fingerprint density at radius 2 is 1.34 bits per heavy atom. The number of alkyl halides is 6. The molecule has 5 nitrogen and oxygen atoms in total.